The zero-order valence-electron chi connectivity index (χ0n) is 11.0. The van der Waals surface area contributed by atoms with Crippen molar-refractivity contribution in [1.29, 1.82) is 0 Å². The molecule has 1 fully saturated rings. The molecule has 0 aliphatic carbocycles. The van der Waals surface area contributed by atoms with E-state index in [0.29, 0.717) is 6.42 Å². The number of hydrogen-bond donors (Lipinski definition) is 2. The van der Waals surface area contributed by atoms with Crippen LogP contribution < -0.4 is 5.32 Å². The highest BCUT2D eigenvalue weighted by Crippen LogP contribution is 2.14. The van der Waals surface area contributed by atoms with Crippen LogP contribution in [0.3, 0.4) is 0 Å². The molecule has 100 valence electrons. The summed E-state index contributed by atoms with van der Waals surface area (Å²) in [6.07, 6.45) is 2.19. The number of piperazine rings is 1. The molecule has 1 aromatic heterocycles. The van der Waals surface area contributed by atoms with Gasteiger partial charge in [0.1, 0.15) is 0 Å². The van der Waals surface area contributed by atoms with Crippen LogP contribution in [0.2, 0.25) is 0 Å². The van der Waals surface area contributed by atoms with Crippen LogP contribution in [0.25, 0.3) is 11.0 Å². The van der Waals surface area contributed by atoms with Gasteiger partial charge in [-0.3, -0.25) is 4.79 Å². The van der Waals surface area contributed by atoms with Gasteiger partial charge in [0.25, 0.3) is 0 Å². The molecule has 1 aliphatic heterocycles. The predicted octanol–water partition coefficient (Wildman–Crippen LogP) is 1.04. The molecule has 19 heavy (non-hydrogen) atoms. The van der Waals surface area contributed by atoms with E-state index in [1.54, 1.807) is 6.33 Å². The minimum Gasteiger partial charge on any atom is -0.345 e. The average Bonchev–Trinajstić information content (AvgIpc) is 2.85. The second kappa shape index (κ2) is 5.11. The number of likely N-dealkylation sites (N-methyl/N-ethyl adjacent to an activating group) is 1. The number of aromatic nitrogens is 2. The van der Waals surface area contributed by atoms with Crippen LogP contribution in [-0.2, 0) is 0 Å². The fraction of sp³-hybridized carbons (Fsp3) is 0.429. The second-order valence-electron chi connectivity index (χ2n) is 5.18. The van der Waals surface area contributed by atoms with Gasteiger partial charge >= 0.3 is 0 Å². The van der Waals surface area contributed by atoms with Gasteiger partial charge in [0.2, 0.25) is 0 Å². The van der Waals surface area contributed by atoms with Crippen molar-refractivity contribution in [3.8, 4) is 0 Å². The first-order valence-corrected chi connectivity index (χ1v) is 6.60. The number of carbonyl (C=O) groups excluding carboxylic acids is 1. The van der Waals surface area contributed by atoms with Crippen molar-refractivity contribution in [2.45, 2.75) is 12.5 Å². The standard InChI is InChI=1S/C14H18N4O/c1-18-5-4-15-11(8-18)7-14(19)10-2-3-12-13(6-10)17-9-16-12/h2-3,6,9,11,15H,4-5,7-8H2,1H3,(H,16,17). The molecule has 5 heteroatoms. The highest BCUT2D eigenvalue weighted by atomic mass is 16.1. The number of fused-ring (bicyclic) bond motifs is 1. The van der Waals surface area contributed by atoms with E-state index in [9.17, 15) is 4.79 Å². The molecule has 2 heterocycles. The first-order chi connectivity index (χ1) is 9.22. The monoisotopic (exact) mass is 258 g/mol. The van der Waals surface area contributed by atoms with Crippen LogP contribution in [0.15, 0.2) is 24.5 Å². The van der Waals surface area contributed by atoms with Crippen molar-refractivity contribution in [2.75, 3.05) is 26.7 Å². The summed E-state index contributed by atoms with van der Waals surface area (Å²) in [5.74, 6) is 0.185. The van der Waals surface area contributed by atoms with Crippen molar-refractivity contribution in [3.63, 3.8) is 0 Å². The van der Waals surface area contributed by atoms with Crippen LogP contribution in [0.1, 0.15) is 16.8 Å². The van der Waals surface area contributed by atoms with Gasteiger partial charge in [-0.25, -0.2) is 4.98 Å². The number of hydrogen-bond acceptors (Lipinski definition) is 4. The predicted molar refractivity (Wildman–Crippen MR) is 74.3 cm³/mol. The maximum Gasteiger partial charge on any atom is 0.164 e. The molecular weight excluding hydrogens is 240 g/mol. The maximum atomic E-state index is 12.3. The summed E-state index contributed by atoms with van der Waals surface area (Å²) in [6, 6.07) is 5.89. The summed E-state index contributed by atoms with van der Waals surface area (Å²) in [7, 11) is 2.09. The quantitative estimate of drug-likeness (QED) is 0.808. The normalized spacial score (nSPS) is 20.8. The van der Waals surface area contributed by atoms with Gasteiger partial charge in [-0.2, -0.15) is 0 Å². The molecule has 0 radical (unpaired) electrons. The van der Waals surface area contributed by atoms with Crippen LogP contribution >= 0.6 is 0 Å². The molecule has 0 spiro atoms. The molecule has 0 bridgehead atoms. The number of nitrogens with zero attached hydrogens (tertiary/aromatic N) is 2. The van der Waals surface area contributed by atoms with Gasteiger partial charge in [0, 0.05) is 37.7 Å². The van der Waals surface area contributed by atoms with Crippen LogP contribution in [0.5, 0.6) is 0 Å². The molecule has 5 nitrogen and oxygen atoms in total. The first kappa shape index (κ1) is 12.3. The lowest BCUT2D eigenvalue weighted by Gasteiger charge is -2.30. The Morgan fingerprint density at radius 1 is 1.53 bits per heavy atom. The summed E-state index contributed by atoms with van der Waals surface area (Å²) < 4.78 is 0. The van der Waals surface area contributed by atoms with Gasteiger partial charge in [-0.1, -0.05) is 0 Å². The zero-order chi connectivity index (χ0) is 13.2. The Balaban J connectivity index is 1.72. The molecule has 1 aromatic carbocycles. The highest BCUT2D eigenvalue weighted by molar-refractivity contribution is 5.99. The van der Waals surface area contributed by atoms with E-state index in [0.717, 1.165) is 36.2 Å². The number of nitrogens with one attached hydrogen (secondary N) is 2. The number of carbonyl (C=O) groups is 1. The van der Waals surface area contributed by atoms with Gasteiger partial charge in [-0.15, -0.1) is 0 Å². The number of benzene rings is 1. The Bertz CT molecular complexity index is 592. The van der Waals surface area contributed by atoms with E-state index in [2.05, 4.69) is 27.2 Å². The molecule has 0 amide bonds. The summed E-state index contributed by atoms with van der Waals surface area (Å²) in [5.41, 5.74) is 2.57. The number of imidazole rings is 1. The van der Waals surface area contributed by atoms with Crippen molar-refractivity contribution >= 4 is 16.8 Å². The number of ketones is 1. The molecule has 1 unspecified atom stereocenters. The van der Waals surface area contributed by atoms with Crippen LogP contribution in [0.4, 0.5) is 0 Å². The van der Waals surface area contributed by atoms with Crippen molar-refractivity contribution in [2.24, 2.45) is 0 Å². The number of Topliss-reactive ketones (excluding diaryl/α,β-unsaturated/α-hetero) is 1. The fourth-order valence-corrected chi connectivity index (χ4v) is 2.58. The lowest BCUT2D eigenvalue weighted by molar-refractivity contribution is 0.0952. The van der Waals surface area contributed by atoms with Gasteiger partial charge in [-0.05, 0) is 25.2 Å². The van der Waals surface area contributed by atoms with Gasteiger partial charge in [0.05, 0.1) is 17.4 Å². The Labute approximate surface area is 112 Å². The second-order valence-corrected chi connectivity index (χ2v) is 5.18. The number of rotatable bonds is 3. The topological polar surface area (TPSA) is 61.0 Å². The summed E-state index contributed by atoms with van der Waals surface area (Å²) in [6.45, 7) is 2.93. The van der Waals surface area contributed by atoms with Crippen LogP contribution in [-0.4, -0.2) is 53.4 Å². The Morgan fingerprint density at radius 2 is 2.42 bits per heavy atom. The van der Waals surface area contributed by atoms with E-state index in [1.807, 2.05) is 18.2 Å². The molecule has 3 rings (SSSR count). The number of H-pyrrole nitrogens is 1. The lowest BCUT2D eigenvalue weighted by Crippen LogP contribution is -2.49. The largest absolute Gasteiger partial charge is 0.345 e. The smallest absolute Gasteiger partial charge is 0.164 e. The minimum absolute atomic E-state index is 0.185. The third-order valence-electron chi connectivity index (χ3n) is 3.63. The van der Waals surface area contributed by atoms with Crippen molar-refractivity contribution in [3.05, 3.63) is 30.1 Å². The van der Waals surface area contributed by atoms with Crippen molar-refractivity contribution < 1.29 is 4.79 Å². The van der Waals surface area contributed by atoms with Crippen molar-refractivity contribution in [1.82, 2.24) is 20.2 Å². The third-order valence-corrected chi connectivity index (χ3v) is 3.63. The highest BCUT2D eigenvalue weighted by Gasteiger charge is 2.20. The molecule has 1 atom stereocenters. The molecular formula is C14H18N4O. The Hall–Kier alpha value is -1.72. The molecule has 2 aromatic rings. The number of aromatic amines is 1. The third kappa shape index (κ3) is 2.67. The van der Waals surface area contributed by atoms with E-state index >= 15 is 0 Å². The fourth-order valence-electron chi connectivity index (χ4n) is 2.58. The van der Waals surface area contributed by atoms with E-state index in [4.69, 9.17) is 0 Å². The van der Waals surface area contributed by atoms with Crippen LogP contribution in [0, 0.1) is 0 Å². The summed E-state index contributed by atoms with van der Waals surface area (Å²) in [5, 5.41) is 3.40. The average molecular weight is 258 g/mol. The molecule has 1 aliphatic rings. The minimum atomic E-state index is 0.185. The molecule has 0 saturated carbocycles. The Kier molecular flexibility index (Phi) is 3.31. The van der Waals surface area contributed by atoms with E-state index in [1.165, 1.54) is 0 Å². The van der Waals surface area contributed by atoms with Gasteiger partial charge in [0.15, 0.2) is 5.78 Å². The van der Waals surface area contributed by atoms with E-state index < -0.39 is 0 Å². The first-order valence-electron chi connectivity index (χ1n) is 6.60. The summed E-state index contributed by atoms with van der Waals surface area (Å²) in [4.78, 5) is 21.7. The molecule has 1 saturated heterocycles. The molecule has 2 N–H and O–H groups in total. The van der Waals surface area contributed by atoms with E-state index in [-0.39, 0.29) is 11.8 Å². The summed E-state index contributed by atoms with van der Waals surface area (Å²) >= 11 is 0. The zero-order valence-corrected chi connectivity index (χ0v) is 11.0. The Morgan fingerprint density at radius 3 is 3.26 bits per heavy atom. The SMILES string of the molecule is CN1CCNC(CC(=O)c2ccc3nc[nH]c3c2)C1. The maximum absolute atomic E-state index is 12.3. The lowest BCUT2D eigenvalue weighted by atomic mass is 10.0. The van der Waals surface area contributed by atoms with Gasteiger partial charge < -0.3 is 15.2 Å².